The van der Waals surface area contributed by atoms with E-state index in [0.29, 0.717) is 6.04 Å². The third-order valence-electron chi connectivity index (χ3n) is 3.42. The first kappa shape index (κ1) is 15.0. The average Bonchev–Trinajstić information content (AvgIpc) is 2.91. The number of thiophene rings is 1. The van der Waals surface area contributed by atoms with Crippen LogP contribution in [0.1, 0.15) is 57.0 Å². The van der Waals surface area contributed by atoms with E-state index in [9.17, 15) is 0 Å². The van der Waals surface area contributed by atoms with Crippen molar-refractivity contribution < 1.29 is 0 Å². The zero-order chi connectivity index (χ0) is 14.6. The summed E-state index contributed by atoms with van der Waals surface area (Å²) in [5.41, 5.74) is 1.42. The van der Waals surface area contributed by atoms with E-state index < -0.39 is 0 Å². The SMILES string of the molecule is CCCC(Nc1ccc(C(C)(C)C)cn1)c1cccs1. The summed E-state index contributed by atoms with van der Waals surface area (Å²) in [5.74, 6) is 0.963. The molecule has 2 aromatic heterocycles. The first-order valence-electron chi connectivity index (χ1n) is 7.27. The molecular weight excluding hydrogens is 264 g/mol. The van der Waals surface area contributed by atoms with Crippen molar-refractivity contribution in [3.8, 4) is 0 Å². The fraction of sp³-hybridized carbons (Fsp3) is 0.471. The van der Waals surface area contributed by atoms with Gasteiger partial charge in [0.15, 0.2) is 0 Å². The van der Waals surface area contributed by atoms with E-state index in [2.05, 4.69) is 67.6 Å². The van der Waals surface area contributed by atoms with Gasteiger partial charge in [-0.1, -0.05) is 46.2 Å². The van der Waals surface area contributed by atoms with Gasteiger partial charge in [0.2, 0.25) is 0 Å². The van der Waals surface area contributed by atoms with Gasteiger partial charge in [-0.15, -0.1) is 11.3 Å². The highest BCUT2D eigenvalue weighted by Gasteiger charge is 2.15. The Morgan fingerprint density at radius 3 is 2.55 bits per heavy atom. The van der Waals surface area contributed by atoms with Crippen LogP contribution in [0.2, 0.25) is 0 Å². The molecule has 0 saturated carbocycles. The lowest BCUT2D eigenvalue weighted by Crippen LogP contribution is -2.13. The molecule has 0 spiro atoms. The van der Waals surface area contributed by atoms with Crippen molar-refractivity contribution in [3.05, 3.63) is 46.3 Å². The van der Waals surface area contributed by atoms with Gasteiger partial charge in [-0.2, -0.15) is 0 Å². The van der Waals surface area contributed by atoms with E-state index in [-0.39, 0.29) is 5.41 Å². The van der Waals surface area contributed by atoms with Gasteiger partial charge in [0, 0.05) is 11.1 Å². The summed E-state index contributed by atoms with van der Waals surface area (Å²) in [6.45, 7) is 8.85. The lowest BCUT2D eigenvalue weighted by Gasteiger charge is -2.20. The number of nitrogens with one attached hydrogen (secondary N) is 1. The van der Waals surface area contributed by atoms with Crippen LogP contribution < -0.4 is 5.32 Å². The quantitative estimate of drug-likeness (QED) is 0.797. The van der Waals surface area contributed by atoms with Crippen LogP contribution in [0.25, 0.3) is 0 Å². The van der Waals surface area contributed by atoms with E-state index in [0.717, 1.165) is 18.7 Å². The van der Waals surface area contributed by atoms with Crippen molar-refractivity contribution in [2.24, 2.45) is 0 Å². The van der Waals surface area contributed by atoms with Crippen LogP contribution in [0.4, 0.5) is 5.82 Å². The Bertz CT molecular complexity index is 509. The predicted molar refractivity (Wildman–Crippen MR) is 88.5 cm³/mol. The molecule has 0 aliphatic heterocycles. The molecule has 1 atom stereocenters. The number of aromatic nitrogens is 1. The second kappa shape index (κ2) is 6.40. The Hall–Kier alpha value is -1.35. The van der Waals surface area contributed by atoms with Gasteiger partial charge < -0.3 is 5.32 Å². The van der Waals surface area contributed by atoms with Crippen LogP contribution in [0, 0.1) is 0 Å². The van der Waals surface area contributed by atoms with Crippen molar-refractivity contribution in [2.75, 3.05) is 5.32 Å². The van der Waals surface area contributed by atoms with E-state index in [1.54, 1.807) is 0 Å². The van der Waals surface area contributed by atoms with E-state index >= 15 is 0 Å². The maximum atomic E-state index is 4.57. The molecule has 0 bridgehead atoms. The van der Waals surface area contributed by atoms with Gasteiger partial charge in [0.25, 0.3) is 0 Å². The van der Waals surface area contributed by atoms with Gasteiger partial charge >= 0.3 is 0 Å². The number of rotatable bonds is 5. The molecule has 3 heteroatoms. The molecule has 2 aromatic rings. The zero-order valence-corrected chi connectivity index (χ0v) is 13.6. The van der Waals surface area contributed by atoms with Crippen molar-refractivity contribution in [1.29, 1.82) is 0 Å². The van der Waals surface area contributed by atoms with E-state index in [1.165, 1.54) is 10.4 Å². The Morgan fingerprint density at radius 1 is 1.25 bits per heavy atom. The topological polar surface area (TPSA) is 24.9 Å². The molecule has 20 heavy (non-hydrogen) atoms. The molecule has 0 amide bonds. The summed E-state index contributed by atoms with van der Waals surface area (Å²) in [5, 5.41) is 5.70. The Labute approximate surface area is 126 Å². The Kier molecular flexibility index (Phi) is 4.81. The minimum Gasteiger partial charge on any atom is -0.362 e. The minimum atomic E-state index is 0.155. The molecule has 0 fully saturated rings. The first-order valence-corrected chi connectivity index (χ1v) is 8.15. The molecule has 108 valence electrons. The molecule has 2 nitrogen and oxygen atoms in total. The maximum absolute atomic E-state index is 4.57. The summed E-state index contributed by atoms with van der Waals surface area (Å²) in [6, 6.07) is 8.94. The molecule has 0 aromatic carbocycles. The predicted octanol–water partition coefficient (Wildman–Crippen LogP) is 5.39. The van der Waals surface area contributed by atoms with Crippen LogP contribution in [0.5, 0.6) is 0 Å². The van der Waals surface area contributed by atoms with Gasteiger partial charge in [-0.3, -0.25) is 0 Å². The third-order valence-corrected chi connectivity index (χ3v) is 4.40. The van der Waals surface area contributed by atoms with Gasteiger partial charge in [0.1, 0.15) is 5.82 Å². The maximum Gasteiger partial charge on any atom is 0.126 e. The van der Waals surface area contributed by atoms with Crippen molar-refractivity contribution in [2.45, 2.75) is 52.0 Å². The van der Waals surface area contributed by atoms with Gasteiger partial charge in [0.05, 0.1) is 6.04 Å². The highest BCUT2D eigenvalue weighted by Crippen LogP contribution is 2.28. The lowest BCUT2D eigenvalue weighted by atomic mass is 9.88. The van der Waals surface area contributed by atoms with Crippen molar-refractivity contribution in [1.82, 2.24) is 4.98 Å². The molecule has 0 radical (unpaired) electrons. The van der Waals surface area contributed by atoms with Gasteiger partial charge in [-0.05, 0) is 34.9 Å². The lowest BCUT2D eigenvalue weighted by molar-refractivity contribution is 0.587. The fourth-order valence-corrected chi connectivity index (χ4v) is 2.98. The standard InChI is InChI=1S/C17H24N2S/c1-5-7-14(15-8-6-11-20-15)19-16-10-9-13(12-18-16)17(2,3)4/h6,8-12,14H,5,7H2,1-4H3,(H,18,19). The molecular formula is C17H24N2S. The first-order chi connectivity index (χ1) is 9.50. The summed E-state index contributed by atoms with van der Waals surface area (Å²) in [7, 11) is 0. The number of nitrogens with zero attached hydrogens (tertiary/aromatic N) is 1. The molecule has 1 N–H and O–H groups in total. The highest BCUT2D eigenvalue weighted by molar-refractivity contribution is 7.10. The van der Waals surface area contributed by atoms with Crippen LogP contribution in [-0.4, -0.2) is 4.98 Å². The van der Waals surface area contributed by atoms with Gasteiger partial charge in [-0.25, -0.2) is 4.98 Å². The number of hydrogen-bond acceptors (Lipinski definition) is 3. The summed E-state index contributed by atoms with van der Waals surface area (Å²) < 4.78 is 0. The second-order valence-electron chi connectivity index (χ2n) is 6.18. The monoisotopic (exact) mass is 288 g/mol. The third kappa shape index (κ3) is 3.83. The normalized spacial score (nSPS) is 13.2. The highest BCUT2D eigenvalue weighted by atomic mass is 32.1. The van der Waals surface area contributed by atoms with E-state index in [4.69, 9.17) is 0 Å². The van der Waals surface area contributed by atoms with Crippen LogP contribution in [-0.2, 0) is 5.41 Å². The van der Waals surface area contributed by atoms with E-state index in [1.807, 2.05) is 17.5 Å². The van der Waals surface area contributed by atoms with Crippen molar-refractivity contribution in [3.63, 3.8) is 0 Å². The summed E-state index contributed by atoms with van der Waals surface area (Å²) >= 11 is 1.81. The summed E-state index contributed by atoms with van der Waals surface area (Å²) in [6.07, 6.45) is 4.28. The molecule has 0 aliphatic rings. The molecule has 2 rings (SSSR count). The molecule has 0 aliphatic carbocycles. The van der Waals surface area contributed by atoms with Crippen LogP contribution in [0.15, 0.2) is 35.8 Å². The minimum absolute atomic E-state index is 0.155. The van der Waals surface area contributed by atoms with Crippen LogP contribution >= 0.6 is 11.3 Å². The smallest absolute Gasteiger partial charge is 0.126 e. The summed E-state index contributed by atoms with van der Waals surface area (Å²) in [4.78, 5) is 5.95. The number of pyridine rings is 1. The molecule has 0 saturated heterocycles. The zero-order valence-electron chi connectivity index (χ0n) is 12.8. The number of anilines is 1. The largest absolute Gasteiger partial charge is 0.362 e. The van der Waals surface area contributed by atoms with Crippen molar-refractivity contribution >= 4 is 17.2 Å². The fourth-order valence-electron chi connectivity index (χ4n) is 2.17. The number of hydrogen-bond donors (Lipinski definition) is 1. The Morgan fingerprint density at radius 2 is 2.05 bits per heavy atom. The second-order valence-corrected chi connectivity index (χ2v) is 7.16. The molecule has 1 unspecified atom stereocenters. The van der Waals surface area contributed by atoms with Crippen LogP contribution in [0.3, 0.4) is 0 Å². The Balaban J connectivity index is 2.11. The molecule has 2 heterocycles. The average molecular weight is 288 g/mol.